The molecule has 0 bridgehead atoms. The number of benzene rings is 3. The minimum absolute atomic E-state index is 1.26. The Bertz CT molecular complexity index is 814. The van der Waals surface area contributed by atoms with Crippen molar-refractivity contribution >= 4 is 14.5 Å². The summed E-state index contributed by atoms with van der Waals surface area (Å²) in [7, 11) is 2.79. The van der Waals surface area contributed by atoms with E-state index in [4.69, 9.17) is 0 Å². The Morgan fingerprint density at radius 1 is 0.545 bits per heavy atom. The van der Waals surface area contributed by atoms with E-state index in [1.807, 2.05) is 0 Å². The van der Waals surface area contributed by atoms with Crippen molar-refractivity contribution < 1.29 is 0 Å². The van der Waals surface area contributed by atoms with Crippen molar-refractivity contribution in [3.05, 3.63) is 77.4 Å². The first-order valence-electron chi connectivity index (χ1n) is 7.58. The first kappa shape index (κ1) is 15.0. The van der Waals surface area contributed by atoms with Crippen LogP contribution in [0.2, 0.25) is 0 Å². The van der Waals surface area contributed by atoms with Crippen molar-refractivity contribution in [2.45, 2.75) is 20.8 Å². The molecule has 0 radical (unpaired) electrons. The van der Waals surface area contributed by atoms with E-state index in [0.717, 1.165) is 0 Å². The van der Waals surface area contributed by atoms with Crippen molar-refractivity contribution in [3.63, 3.8) is 0 Å². The fourth-order valence-electron chi connectivity index (χ4n) is 2.72. The van der Waals surface area contributed by atoms with Gasteiger partial charge in [0.1, 0.15) is 0 Å². The topological polar surface area (TPSA) is 0 Å². The van der Waals surface area contributed by atoms with Gasteiger partial charge in [0.05, 0.1) is 0 Å². The molecule has 0 aliphatic rings. The molecule has 0 amide bonds. The van der Waals surface area contributed by atoms with Gasteiger partial charge in [0, 0.05) is 0 Å². The molecule has 0 fully saturated rings. The van der Waals surface area contributed by atoms with Gasteiger partial charge in [-0.3, -0.25) is 0 Å². The molecule has 110 valence electrons. The van der Waals surface area contributed by atoms with Crippen molar-refractivity contribution in [1.82, 2.24) is 0 Å². The molecule has 3 aromatic rings. The first-order valence-corrected chi connectivity index (χ1v) is 8.16. The quantitative estimate of drug-likeness (QED) is 0.553. The van der Waals surface area contributed by atoms with Crippen LogP contribution in [0.25, 0.3) is 22.3 Å². The molecule has 0 saturated heterocycles. The van der Waals surface area contributed by atoms with Crippen molar-refractivity contribution in [3.8, 4) is 22.3 Å². The summed E-state index contributed by atoms with van der Waals surface area (Å²) >= 11 is 0. The molecule has 3 aromatic carbocycles. The first-order chi connectivity index (χ1) is 10.5. The maximum atomic E-state index is 2.79. The van der Waals surface area contributed by atoms with Crippen LogP contribution >= 0.6 is 9.24 Å². The molecule has 1 unspecified atom stereocenters. The van der Waals surface area contributed by atoms with Crippen LogP contribution < -0.4 is 5.30 Å². The van der Waals surface area contributed by atoms with E-state index in [-0.39, 0.29) is 0 Å². The SMILES string of the molecule is Cc1ccc(-c2cc(C)cc(-c3ccc(P)c(C)c3)c2)cc1. The lowest BCUT2D eigenvalue weighted by Gasteiger charge is -2.10. The van der Waals surface area contributed by atoms with Gasteiger partial charge in [0.25, 0.3) is 0 Å². The maximum Gasteiger partial charge on any atom is -0.0175 e. The van der Waals surface area contributed by atoms with E-state index >= 15 is 0 Å². The highest BCUT2D eigenvalue weighted by atomic mass is 31.0. The summed E-state index contributed by atoms with van der Waals surface area (Å²) < 4.78 is 0. The third kappa shape index (κ3) is 3.13. The Hall–Kier alpha value is -1.91. The Morgan fingerprint density at radius 3 is 1.77 bits per heavy atom. The summed E-state index contributed by atoms with van der Waals surface area (Å²) in [5.74, 6) is 0. The highest BCUT2D eigenvalue weighted by molar-refractivity contribution is 7.27. The highest BCUT2D eigenvalue weighted by Gasteiger charge is 2.05. The molecule has 3 rings (SSSR count). The molecule has 0 aliphatic heterocycles. The lowest BCUT2D eigenvalue weighted by atomic mass is 9.95. The molecule has 0 nitrogen and oxygen atoms in total. The van der Waals surface area contributed by atoms with E-state index in [1.54, 1.807) is 0 Å². The van der Waals surface area contributed by atoms with Gasteiger partial charge in [0.2, 0.25) is 0 Å². The molecule has 0 spiro atoms. The number of rotatable bonds is 2. The predicted octanol–water partition coefficient (Wildman–Crippen LogP) is 5.45. The largest absolute Gasteiger partial charge is 0.105 e. The molecule has 0 saturated carbocycles. The average Bonchev–Trinajstić information content (AvgIpc) is 2.50. The van der Waals surface area contributed by atoms with Gasteiger partial charge in [-0.05, 0) is 65.5 Å². The van der Waals surface area contributed by atoms with Gasteiger partial charge < -0.3 is 0 Å². The normalized spacial score (nSPS) is 10.7. The Morgan fingerprint density at radius 2 is 1.14 bits per heavy atom. The molecule has 0 aromatic heterocycles. The van der Waals surface area contributed by atoms with E-state index in [9.17, 15) is 0 Å². The maximum absolute atomic E-state index is 2.79. The van der Waals surface area contributed by atoms with Crippen LogP contribution in [0.1, 0.15) is 16.7 Å². The smallest absolute Gasteiger partial charge is 0.0175 e. The Kier molecular flexibility index (Phi) is 4.14. The summed E-state index contributed by atoms with van der Waals surface area (Å²) in [6, 6.07) is 22.2. The summed E-state index contributed by atoms with van der Waals surface area (Å²) in [5.41, 5.74) is 9.01. The van der Waals surface area contributed by atoms with Crippen LogP contribution in [0.3, 0.4) is 0 Å². The number of hydrogen-bond acceptors (Lipinski definition) is 0. The lowest BCUT2D eigenvalue weighted by molar-refractivity contribution is 1.43. The monoisotopic (exact) mass is 304 g/mol. The van der Waals surface area contributed by atoms with Crippen LogP contribution in [0.5, 0.6) is 0 Å². The third-order valence-corrected chi connectivity index (χ3v) is 4.71. The molecule has 1 atom stereocenters. The molecule has 0 N–H and O–H groups in total. The van der Waals surface area contributed by atoms with Gasteiger partial charge in [-0.15, -0.1) is 9.24 Å². The fraction of sp³-hybridized carbons (Fsp3) is 0.143. The Balaban J connectivity index is 2.09. The second-order valence-corrected chi connectivity index (χ2v) is 6.65. The second-order valence-electron chi connectivity index (χ2n) is 6.03. The standard InChI is InChI=1S/C21H21P/c1-14-4-6-17(7-5-14)19-10-15(2)11-20(13-19)18-8-9-21(22)16(3)12-18/h4-13H,22H2,1-3H3. The minimum atomic E-state index is 1.26. The molecule has 0 heterocycles. The molecule has 1 heteroatoms. The van der Waals surface area contributed by atoms with E-state index < -0.39 is 0 Å². The zero-order chi connectivity index (χ0) is 15.7. The second kappa shape index (κ2) is 6.07. The average molecular weight is 304 g/mol. The van der Waals surface area contributed by atoms with Crippen LogP contribution in [-0.2, 0) is 0 Å². The summed E-state index contributed by atoms with van der Waals surface area (Å²) in [6.07, 6.45) is 0. The van der Waals surface area contributed by atoms with Crippen LogP contribution in [0.15, 0.2) is 60.7 Å². The van der Waals surface area contributed by atoms with Gasteiger partial charge in [0.15, 0.2) is 0 Å². The number of hydrogen-bond donors (Lipinski definition) is 0. The third-order valence-electron chi connectivity index (χ3n) is 4.07. The minimum Gasteiger partial charge on any atom is -0.105 e. The van der Waals surface area contributed by atoms with Gasteiger partial charge in [-0.25, -0.2) is 0 Å². The van der Waals surface area contributed by atoms with Gasteiger partial charge in [-0.1, -0.05) is 60.2 Å². The highest BCUT2D eigenvalue weighted by Crippen LogP contribution is 2.28. The lowest BCUT2D eigenvalue weighted by Crippen LogP contribution is -1.96. The van der Waals surface area contributed by atoms with E-state index in [0.29, 0.717) is 0 Å². The summed E-state index contributed by atoms with van der Waals surface area (Å²) in [4.78, 5) is 0. The van der Waals surface area contributed by atoms with Crippen LogP contribution in [0, 0.1) is 20.8 Å². The van der Waals surface area contributed by atoms with Crippen LogP contribution in [0.4, 0.5) is 0 Å². The molecular formula is C21H21P. The summed E-state index contributed by atoms with van der Waals surface area (Å²) in [6.45, 7) is 6.44. The fourth-order valence-corrected chi connectivity index (χ4v) is 2.90. The summed E-state index contributed by atoms with van der Waals surface area (Å²) in [5, 5.41) is 1.26. The number of aryl methyl sites for hydroxylation is 3. The zero-order valence-electron chi connectivity index (χ0n) is 13.4. The Labute approximate surface area is 135 Å². The van der Waals surface area contributed by atoms with Gasteiger partial charge >= 0.3 is 0 Å². The zero-order valence-corrected chi connectivity index (χ0v) is 14.5. The van der Waals surface area contributed by atoms with Gasteiger partial charge in [-0.2, -0.15) is 0 Å². The molecule has 22 heavy (non-hydrogen) atoms. The molecular weight excluding hydrogens is 283 g/mol. The van der Waals surface area contributed by atoms with Crippen LogP contribution in [-0.4, -0.2) is 0 Å². The van der Waals surface area contributed by atoms with Crippen molar-refractivity contribution in [1.29, 1.82) is 0 Å². The van der Waals surface area contributed by atoms with Crippen molar-refractivity contribution in [2.24, 2.45) is 0 Å². The van der Waals surface area contributed by atoms with E-state index in [2.05, 4.69) is 90.7 Å². The van der Waals surface area contributed by atoms with E-state index in [1.165, 1.54) is 44.2 Å². The predicted molar refractivity (Wildman–Crippen MR) is 101 cm³/mol. The molecule has 0 aliphatic carbocycles. The van der Waals surface area contributed by atoms with Crippen molar-refractivity contribution in [2.75, 3.05) is 0 Å².